The number of carbonyl (C=O) groups is 2. The van der Waals surface area contributed by atoms with Gasteiger partial charge in [-0.1, -0.05) is 96.8 Å². The maximum Gasteiger partial charge on any atom is 0.237 e. The van der Waals surface area contributed by atoms with Crippen LogP contribution in [0.3, 0.4) is 0 Å². The number of hydrogen-bond acceptors (Lipinski definition) is 3. The van der Waals surface area contributed by atoms with Crippen LogP contribution in [0.1, 0.15) is 110 Å². The van der Waals surface area contributed by atoms with Crippen molar-refractivity contribution in [2.24, 2.45) is 5.92 Å². The highest BCUT2D eigenvalue weighted by molar-refractivity contribution is 6.20. The molecule has 1 aromatic rings. The number of nitrogens with zero attached hydrogens (tertiary/aromatic N) is 1. The van der Waals surface area contributed by atoms with E-state index < -0.39 is 0 Å². The van der Waals surface area contributed by atoms with Gasteiger partial charge < -0.3 is 5.73 Å². The number of carbonyl (C=O) groups excluding carboxylic acids is 2. The molecule has 1 aliphatic heterocycles. The Morgan fingerprint density at radius 3 is 1.73 bits per heavy atom. The largest absolute Gasteiger partial charge is 0.399 e. The van der Waals surface area contributed by atoms with Crippen molar-refractivity contribution >= 4 is 23.2 Å². The maximum absolute atomic E-state index is 12.6. The van der Waals surface area contributed by atoms with Crippen LogP contribution in [0, 0.1) is 5.92 Å². The molecule has 2 N–H and O–H groups in total. The SMILES string of the molecule is CCCCCCCCCCCCCCCCC1CC(=O)N(c2ccc(N)cc2)C1=O. The van der Waals surface area contributed by atoms with Gasteiger partial charge in [-0.3, -0.25) is 14.5 Å². The molecule has 0 bridgehead atoms. The second-order valence-corrected chi connectivity index (χ2v) is 8.94. The van der Waals surface area contributed by atoms with Gasteiger partial charge in [-0.15, -0.1) is 0 Å². The van der Waals surface area contributed by atoms with Crippen molar-refractivity contribution in [3.05, 3.63) is 24.3 Å². The van der Waals surface area contributed by atoms with E-state index in [2.05, 4.69) is 6.92 Å². The minimum atomic E-state index is -0.146. The first-order valence-electron chi connectivity index (χ1n) is 12.4. The highest BCUT2D eigenvalue weighted by Crippen LogP contribution is 2.30. The summed E-state index contributed by atoms with van der Waals surface area (Å²) in [4.78, 5) is 26.3. The number of nitrogens with two attached hydrogens (primary N) is 1. The molecule has 2 rings (SSSR count). The van der Waals surface area contributed by atoms with Crippen molar-refractivity contribution in [3.8, 4) is 0 Å². The first-order chi connectivity index (χ1) is 14.6. The van der Waals surface area contributed by atoms with E-state index in [1.165, 1.54) is 81.9 Å². The highest BCUT2D eigenvalue weighted by Gasteiger charge is 2.38. The summed E-state index contributed by atoms with van der Waals surface area (Å²) in [5.74, 6) is -0.271. The summed E-state index contributed by atoms with van der Waals surface area (Å²) < 4.78 is 0. The van der Waals surface area contributed by atoms with Gasteiger partial charge in [0.2, 0.25) is 11.8 Å². The molecule has 4 nitrogen and oxygen atoms in total. The summed E-state index contributed by atoms with van der Waals surface area (Å²) in [6, 6.07) is 6.97. The molecule has 1 saturated heterocycles. The Morgan fingerprint density at radius 1 is 0.767 bits per heavy atom. The van der Waals surface area contributed by atoms with Crippen molar-refractivity contribution < 1.29 is 9.59 Å². The van der Waals surface area contributed by atoms with E-state index in [-0.39, 0.29) is 17.7 Å². The second kappa shape index (κ2) is 14.2. The lowest BCUT2D eigenvalue weighted by molar-refractivity contribution is -0.122. The van der Waals surface area contributed by atoms with Crippen LogP contribution in [0.2, 0.25) is 0 Å². The van der Waals surface area contributed by atoms with Crippen LogP contribution in [-0.4, -0.2) is 11.8 Å². The molecular formula is C26H42N2O2. The molecule has 0 aromatic heterocycles. The molecule has 0 aliphatic carbocycles. The molecule has 4 heteroatoms. The molecule has 1 fully saturated rings. The fraction of sp³-hybridized carbons (Fsp3) is 0.692. The van der Waals surface area contributed by atoms with Crippen molar-refractivity contribution in [3.63, 3.8) is 0 Å². The molecule has 1 aliphatic rings. The van der Waals surface area contributed by atoms with Gasteiger partial charge in [-0.05, 0) is 30.7 Å². The average molecular weight is 415 g/mol. The Morgan fingerprint density at radius 2 is 1.23 bits per heavy atom. The van der Waals surface area contributed by atoms with Crippen molar-refractivity contribution in [1.29, 1.82) is 0 Å². The number of benzene rings is 1. The highest BCUT2D eigenvalue weighted by atomic mass is 16.2. The van der Waals surface area contributed by atoms with E-state index in [0.717, 1.165) is 19.3 Å². The normalized spacial score (nSPS) is 16.6. The fourth-order valence-corrected chi connectivity index (χ4v) is 4.40. The lowest BCUT2D eigenvalue weighted by Gasteiger charge is -2.15. The van der Waals surface area contributed by atoms with Gasteiger partial charge in [0.1, 0.15) is 0 Å². The third-order valence-corrected chi connectivity index (χ3v) is 6.30. The van der Waals surface area contributed by atoms with Crippen LogP contribution >= 0.6 is 0 Å². The molecule has 1 heterocycles. The number of rotatable bonds is 16. The standard InChI is InChI=1S/C26H42N2O2/c1-2-3-4-5-6-7-8-9-10-11-12-13-14-15-16-22-21-25(29)28(26(22)30)24-19-17-23(27)18-20-24/h17-20,22H,2-16,21,27H2,1H3. The first kappa shape index (κ1) is 24.4. The number of unbranched alkanes of at least 4 members (excludes halogenated alkanes) is 13. The van der Waals surface area contributed by atoms with Crippen LogP contribution in [0.5, 0.6) is 0 Å². The summed E-state index contributed by atoms with van der Waals surface area (Å²) in [5, 5.41) is 0. The third-order valence-electron chi connectivity index (χ3n) is 6.30. The lowest BCUT2D eigenvalue weighted by Crippen LogP contribution is -2.30. The topological polar surface area (TPSA) is 63.4 Å². The zero-order chi connectivity index (χ0) is 21.6. The Balaban J connectivity index is 1.48. The lowest BCUT2D eigenvalue weighted by atomic mass is 9.98. The van der Waals surface area contributed by atoms with E-state index in [4.69, 9.17) is 5.73 Å². The van der Waals surface area contributed by atoms with Crippen molar-refractivity contribution in [2.45, 2.75) is 110 Å². The predicted molar refractivity (Wildman–Crippen MR) is 126 cm³/mol. The third kappa shape index (κ3) is 8.49. The number of nitrogen functional groups attached to an aromatic ring is 1. The second-order valence-electron chi connectivity index (χ2n) is 8.94. The van der Waals surface area contributed by atoms with Gasteiger partial charge in [-0.2, -0.15) is 0 Å². The molecule has 0 spiro atoms. The summed E-state index contributed by atoms with van der Waals surface area (Å²) in [5.41, 5.74) is 6.98. The van der Waals surface area contributed by atoms with Crippen LogP contribution < -0.4 is 10.6 Å². The van der Waals surface area contributed by atoms with Gasteiger partial charge in [0.05, 0.1) is 5.69 Å². The van der Waals surface area contributed by atoms with Crippen molar-refractivity contribution in [2.75, 3.05) is 10.6 Å². The molecule has 168 valence electrons. The Kier molecular flexibility index (Phi) is 11.6. The molecule has 1 atom stereocenters. The minimum Gasteiger partial charge on any atom is -0.399 e. The Labute approximate surface area is 183 Å². The summed E-state index contributed by atoms with van der Waals surface area (Å²) in [7, 11) is 0. The van der Waals surface area contributed by atoms with E-state index in [1.54, 1.807) is 24.3 Å². The number of imide groups is 1. The zero-order valence-corrected chi connectivity index (χ0v) is 19.0. The van der Waals surface area contributed by atoms with Gasteiger partial charge in [0.25, 0.3) is 0 Å². The first-order valence-corrected chi connectivity index (χ1v) is 12.4. The smallest absolute Gasteiger partial charge is 0.237 e. The summed E-state index contributed by atoms with van der Waals surface area (Å²) in [6.07, 6.45) is 19.8. The van der Waals surface area contributed by atoms with Crippen LogP contribution in [-0.2, 0) is 9.59 Å². The average Bonchev–Trinajstić information content (AvgIpc) is 3.02. The van der Waals surface area contributed by atoms with Gasteiger partial charge in [0.15, 0.2) is 0 Å². The molecule has 0 saturated carbocycles. The number of hydrogen-bond donors (Lipinski definition) is 1. The van der Waals surface area contributed by atoms with E-state index >= 15 is 0 Å². The zero-order valence-electron chi connectivity index (χ0n) is 19.0. The van der Waals surface area contributed by atoms with Crippen LogP contribution in [0.15, 0.2) is 24.3 Å². The van der Waals surface area contributed by atoms with Gasteiger partial charge >= 0.3 is 0 Å². The molecular weight excluding hydrogens is 372 g/mol. The molecule has 0 radical (unpaired) electrons. The molecule has 1 aromatic carbocycles. The summed E-state index contributed by atoms with van der Waals surface area (Å²) >= 11 is 0. The Hall–Kier alpha value is -1.84. The molecule has 1 unspecified atom stereocenters. The number of amides is 2. The quantitative estimate of drug-likeness (QED) is 0.179. The molecule has 30 heavy (non-hydrogen) atoms. The molecule has 2 amide bonds. The Bertz CT molecular complexity index is 626. The maximum atomic E-state index is 12.6. The fourth-order valence-electron chi connectivity index (χ4n) is 4.40. The summed E-state index contributed by atoms with van der Waals surface area (Å²) in [6.45, 7) is 2.27. The number of anilines is 2. The van der Waals surface area contributed by atoms with E-state index in [1.807, 2.05) is 0 Å². The van der Waals surface area contributed by atoms with Crippen LogP contribution in [0.4, 0.5) is 11.4 Å². The van der Waals surface area contributed by atoms with Gasteiger partial charge in [0, 0.05) is 18.0 Å². The minimum absolute atomic E-state index is 0.0422. The monoisotopic (exact) mass is 414 g/mol. The van der Waals surface area contributed by atoms with E-state index in [9.17, 15) is 9.59 Å². The van der Waals surface area contributed by atoms with E-state index in [0.29, 0.717) is 17.8 Å². The van der Waals surface area contributed by atoms with Crippen molar-refractivity contribution in [1.82, 2.24) is 0 Å². The van der Waals surface area contributed by atoms with Crippen LogP contribution in [0.25, 0.3) is 0 Å². The van der Waals surface area contributed by atoms with Gasteiger partial charge in [-0.25, -0.2) is 0 Å². The predicted octanol–water partition coefficient (Wildman–Crippen LogP) is 7.02.